The smallest absolute Gasteiger partial charge is 0.224 e. The Balaban J connectivity index is 1.43. The quantitative estimate of drug-likeness (QED) is 0.219. The van der Waals surface area contributed by atoms with Gasteiger partial charge in [-0.2, -0.15) is 0 Å². The Labute approximate surface area is 258 Å². The minimum absolute atomic E-state index is 0.0204. The monoisotopic (exact) mass is 599 g/mol. The summed E-state index contributed by atoms with van der Waals surface area (Å²) in [5.74, 6) is 2.38. The zero-order chi connectivity index (χ0) is 30.9. The number of ether oxygens (including phenoxy) is 4. The fourth-order valence-corrected chi connectivity index (χ4v) is 5.49. The van der Waals surface area contributed by atoms with Gasteiger partial charge in [-0.05, 0) is 80.4 Å². The first-order chi connectivity index (χ1) is 21.5. The lowest BCUT2D eigenvalue weighted by Crippen LogP contribution is -2.35. The predicted molar refractivity (Wildman–Crippen MR) is 171 cm³/mol. The van der Waals surface area contributed by atoms with Crippen molar-refractivity contribution in [2.24, 2.45) is 0 Å². The number of pyridine rings is 1. The standard InChI is InChI=1S/C35H41N3O6/c1-4-38-22-27(21-32(39)36-17-20-37-18-5-6-19-37)34(40)30-15-16-31(43-23-25-7-11-28(41-2)12-8-25)35(33(30)38)44-24-26-9-13-29(42-3)14-10-26/h7-16,22H,4-6,17-21,23-24H2,1-3H3,(H,36,39). The SMILES string of the molecule is CCn1cc(CC(=O)NCCN2CCCC2)c(=O)c2ccc(OCc3ccc(OC)cc3)c(OCc3ccc(OC)cc3)c21. The van der Waals surface area contributed by atoms with Gasteiger partial charge >= 0.3 is 0 Å². The van der Waals surface area contributed by atoms with Gasteiger partial charge in [-0.15, -0.1) is 0 Å². The number of aryl methyl sites for hydroxylation is 1. The number of benzene rings is 3. The predicted octanol–water partition coefficient (Wildman–Crippen LogP) is 4.95. The number of aromatic nitrogens is 1. The molecule has 5 rings (SSSR count). The fraction of sp³-hybridized carbons (Fsp3) is 0.371. The molecule has 1 aliphatic rings. The fourth-order valence-electron chi connectivity index (χ4n) is 5.49. The second-order valence-electron chi connectivity index (χ2n) is 10.9. The van der Waals surface area contributed by atoms with Crippen molar-refractivity contribution < 1.29 is 23.7 Å². The molecule has 0 saturated carbocycles. The highest BCUT2D eigenvalue weighted by atomic mass is 16.5. The van der Waals surface area contributed by atoms with Gasteiger partial charge < -0.3 is 33.7 Å². The van der Waals surface area contributed by atoms with Gasteiger partial charge in [-0.3, -0.25) is 9.59 Å². The van der Waals surface area contributed by atoms with E-state index in [1.807, 2.05) is 60.0 Å². The van der Waals surface area contributed by atoms with E-state index in [2.05, 4.69) is 10.2 Å². The van der Waals surface area contributed by atoms with Gasteiger partial charge in [0.05, 0.1) is 31.5 Å². The van der Waals surface area contributed by atoms with Crippen LogP contribution in [0.3, 0.4) is 0 Å². The lowest BCUT2D eigenvalue weighted by molar-refractivity contribution is -0.120. The van der Waals surface area contributed by atoms with Crippen LogP contribution in [-0.4, -0.2) is 55.8 Å². The normalized spacial score (nSPS) is 13.2. The Morgan fingerprint density at radius 2 is 1.45 bits per heavy atom. The minimum atomic E-state index is -0.185. The van der Waals surface area contributed by atoms with Crippen LogP contribution >= 0.6 is 0 Å². The molecular formula is C35H41N3O6. The van der Waals surface area contributed by atoms with Gasteiger partial charge in [-0.25, -0.2) is 0 Å². The summed E-state index contributed by atoms with van der Waals surface area (Å²) in [6.07, 6.45) is 4.22. The number of carbonyl (C=O) groups excluding carboxylic acids is 1. The third kappa shape index (κ3) is 7.52. The van der Waals surface area contributed by atoms with E-state index in [4.69, 9.17) is 18.9 Å². The Morgan fingerprint density at radius 3 is 2.05 bits per heavy atom. The highest BCUT2D eigenvalue weighted by molar-refractivity contribution is 5.89. The van der Waals surface area contributed by atoms with E-state index in [1.165, 1.54) is 12.8 Å². The summed E-state index contributed by atoms with van der Waals surface area (Å²) in [4.78, 5) is 28.9. The van der Waals surface area contributed by atoms with E-state index in [9.17, 15) is 9.59 Å². The molecule has 0 bridgehead atoms. The van der Waals surface area contributed by atoms with Crippen LogP contribution in [0.1, 0.15) is 36.5 Å². The molecule has 9 heteroatoms. The van der Waals surface area contributed by atoms with Crippen LogP contribution < -0.4 is 29.7 Å². The van der Waals surface area contributed by atoms with E-state index in [0.29, 0.717) is 47.7 Å². The second-order valence-corrected chi connectivity index (χ2v) is 10.9. The summed E-state index contributed by atoms with van der Waals surface area (Å²) in [6, 6.07) is 18.9. The van der Waals surface area contributed by atoms with Gasteiger partial charge in [0.2, 0.25) is 5.91 Å². The molecule has 0 aliphatic carbocycles. The molecule has 2 heterocycles. The number of likely N-dealkylation sites (tertiary alicyclic amines) is 1. The number of amides is 1. The molecule has 0 radical (unpaired) electrons. The molecule has 9 nitrogen and oxygen atoms in total. The van der Waals surface area contributed by atoms with Crippen molar-refractivity contribution in [2.75, 3.05) is 40.4 Å². The summed E-state index contributed by atoms with van der Waals surface area (Å²) in [5, 5.41) is 3.47. The van der Waals surface area contributed by atoms with Gasteiger partial charge in [0, 0.05) is 31.4 Å². The van der Waals surface area contributed by atoms with Crippen molar-refractivity contribution in [3.63, 3.8) is 0 Å². The van der Waals surface area contributed by atoms with E-state index in [-0.39, 0.29) is 24.4 Å². The van der Waals surface area contributed by atoms with Crippen molar-refractivity contribution in [3.8, 4) is 23.0 Å². The molecule has 3 aromatic carbocycles. The molecule has 1 amide bonds. The van der Waals surface area contributed by atoms with Crippen molar-refractivity contribution in [1.29, 1.82) is 0 Å². The van der Waals surface area contributed by atoms with Crippen LogP contribution in [0, 0.1) is 0 Å². The zero-order valence-corrected chi connectivity index (χ0v) is 25.8. The van der Waals surface area contributed by atoms with E-state index in [0.717, 1.165) is 42.3 Å². The van der Waals surface area contributed by atoms with Crippen LogP contribution in [0.4, 0.5) is 0 Å². The summed E-state index contributed by atoms with van der Waals surface area (Å²) in [6.45, 7) is 6.71. The average Bonchev–Trinajstić information content (AvgIpc) is 3.58. The molecule has 0 atom stereocenters. The topological polar surface area (TPSA) is 91.3 Å². The van der Waals surface area contributed by atoms with Crippen molar-refractivity contribution in [3.05, 3.63) is 93.8 Å². The lowest BCUT2D eigenvalue weighted by Gasteiger charge is -2.19. The number of nitrogens with zero attached hydrogens (tertiary/aromatic N) is 2. The number of carbonyl (C=O) groups is 1. The molecular weight excluding hydrogens is 558 g/mol. The van der Waals surface area contributed by atoms with Crippen molar-refractivity contribution >= 4 is 16.8 Å². The zero-order valence-electron chi connectivity index (χ0n) is 25.8. The Kier molecular flexibility index (Phi) is 10.4. The first kappa shape index (κ1) is 30.9. The van der Waals surface area contributed by atoms with Crippen LogP contribution in [-0.2, 0) is 31.0 Å². The highest BCUT2D eigenvalue weighted by Crippen LogP contribution is 2.36. The molecule has 1 aromatic heterocycles. The Bertz CT molecular complexity index is 1610. The summed E-state index contributed by atoms with van der Waals surface area (Å²) in [7, 11) is 3.26. The first-order valence-corrected chi connectivity index (χ1v) is 15.2. The maximum atomic E-state index is 13.7. The summed E-state index contributed by atoms with van der Waals surface area (Å²) < 4.78 is 25.2. The number of nitrogens with one attached hydrogen (secondary N) is 1. The Hall–Kier alpha value is -4.50. The second kappa shape index (κ2) is 14.8. The molecule has 232 valence electrons. The molecule has 4 aromatic rings. The minimum Gasteiger partial charge on any atom is -0.497 e. The Morgan fingerprint density at radius 1 is 0.841 bits per heavy atom. The van der Waals surface area contributed by atoms with Crippen LogP contribution in [0.25, 0.3) is 10.9 Å². The third-order valence-electron chi connectivity index (χ3n) is 7.97. The molecule has 0 spiro atoms. The first-order valence-electron chi connectivity index (χ1n) is 15.2. The molecule has 1 N–H and O–H groups in total. The number of fused-ring (bicyclic) bond motifs is 1. The number of methoxy groups -OCH3 is 2. The number of rotatable bonds is 14. The average molecular weight is 600 g/mol. The molecule has 44 heavy (non-hydrogen) atoms. The number of hydrogen-bond acceptors (Lipinski definition) is 7. The summed E-state index contributed by atoms with van der Waals surface area (Å²) in [5.41, 5.74) is 2.81. The van der Waals surface area contributed by atoms with E-state index in [1.54, 1.807) is 32.5 Å². The largest absolute Gasteiger partial charge is 0.497 e. The maximum absolute atomic E-state index is 13.7. The molecule has 1 fully saturated rings. The van der Waals surface area contributed by atoms with Gasteiger partial charge in [0.1, 0.15) is 24.7 Å². The van der Waals surface area contributed by atoms with E-state index >= 15 is 0 Å². The van der Waals surface area contributed by atoms with Crippen molar-refractivity contribution in [1.82, 2.24) is 14.8 Å². The molecule has 1 aliphatic heterocycles. The lowest BCUT2D eigenvalue weighted by atomic mass is 10.1. The molecule has 1 saturated heterocycles. The van der Waals surface area contributed by atoms with Gasteiger partial charge in [0.25, 0.3) is 0 Å². The molecule has 0 unspecified atom stereocenters. The van der Waals surface area contributed by atoms with Gasteiger partial charge in [0.15, 0.2) is 16.9 Å². The van der Waals surface area contributed by atoms with E-state index < -0.39 is 0 Å². The third-order valence-corrected chi connectivity index (χ3v) is 7.97. The van der Waals surface area contributed by atoms with Crippen LogP contribution in [0.2, 0.25) is 0 Å². The number of hydrogen-bond donors (Lipinski definition) is 1. The van der Waals surface area contributed by atoms with Gasteiger partial charge in [-0.1, -0.05) is 24.3 Å². The van der Waals surface area contributed by atoms with Crippen molar-refractivity contribution in [2.45, 2.75) is 45.9 Å². The van der Waals surface area contributed by atoms with Crippen LogP contribution in [0.15, 0.2) is 71.7 Å². The van der Waals surface area contributed by atoms with Crippen LogP contribution in [0.5, 0.6) is 23.0 Å². The summed E-state index contributed by atoms with van der Waals surface area (Å²) >= 11 is 0. The highest BCUT2D eigenvalue weighted by Gasteiger charge is 2.20. The maximum Gasteiger partial charge on any atom is 0.224 e.